The van der Waals surface area contributed by atoms with Crippen LogP contribution in [0.1, 0.15) is 33.6 Å². The lowest BCUT2D eigenvalue weighted by Gasteiger charge is -2.05. The summed E-state index contributed by atoms with van der Waals surface area (Å²) < 4.78 is 0. The first-order chi connectivity index (χ1) is 7.34. The molecule has 4 heteroatoms. The second-order valence-corrected chi connectivity index (χ2v) is 5.71. The number of aromatic nitrogens is 1. The van der Waals surface area contributed by atoms with Crippen molar-refractivity contribution in [2.45, 2.75) is 25.3 Å². The molecule has 0 bridgehead atoms. The molecule has 0 aliphatic heterocycles. The van der Waals surface area contributed by atoms with E-state index in [0.29, 0.717) is 0 Å². The lowest BCUT2D eigenvalue weighted by atomic mass is 10.2. The molecule has 0 saturated carbocycles. The Morgan fingerprint density at radius 3 is 3.07 bits per heavy atom. The van der Waals surface area contributed by atoms with Crippen molar-refractivity contribution >= 4 is 22.7 Å². The first kappa shape index (κ1) is 9.51. The van der Waals surface area contributed by atoms with Gasteiger partial charge >= 0.3 is 0 Å². The van der Waals surface area contributed by atoms with Crippen molar-refractivity contribution in [3.8, 4) is 0 Å². The van der Waals surface area contributed by atoms with Crippen LogP contribution in [0.5, 0.6) is 0 Å². The van der Waals surface area contributed by atoms with Gasteiger partial charge in [0.05, 0.1) is 11.7 Å². The van der Waals surface area contributed by atoms with Gasteiger partial charge < -0.3 is 5.73 Å². The van der Waals surface area contributed by atoms with Crippen molar-refractivity contribution in [3.63, 3.8) is 0 Å². The number of hydrogen-bond acceptors (Lipinski definition) is 4. The Morgan fingerprint density at radius 2 is 2.33 bits per heavy atom. The number of thiazole rings is 1. The number of aryl methyl sites for hydroxylation is 2. The van der Waals surface area contributed by atoms with E-state index in [1.165, 1.54) is 29.0 Å². The molecule has 2 N–H and O–H groups in total. The first-order valence-corrected chi connectivity index (χ1v) is 6.86. The van der Waals surface area contributed by atoms with Crippen LogP contribution in [0.15, 0.2) is 16.8 Å². The fraction of sp³-hybridized carbons (Fsp3) is 0.364. The van der Waals surface area contributed by atoms with Gasteiger partial charge in [0.2, 0.25) is 0 Å². The molecule has 1 unspecified atom stereocenters. The Labute approximate surface area is 96.8 Å². The van der Waals surface area contributed by atoms with Gasteiger partial charge in [-0.1, -0.05) is 0 Å². The molecule has 0 radical (unpaired) electrons. The smallest absolute Gasteiger partial charge is 0.114 e. The monoisotopic (exact) mass is 236 g/mol. The number of nitrogens with two attached hydrogens (primary N) is 1. The van der Waals surface area contributed by atoms with E-state index in [-0.39, 0.29) is 6.04 Å². The largest absolute Gasteiger partial charge is 0.318 e. The first-order valence-electron chi connectivity index (χ1n) is 5.11. The maximum atomic E-state index is 6.18. The van der Waals surface area contributed by atoms with Crippen LogP contribution in [0.25, 0.3) is 0 Å². The zero-order valence-corrected chi connectivity index (χ0v) is 9.90. The summed E-state index contributed by atoms with van der Waals surface area (Å²) in [7, 11) is 0. The number of rotatable bonds is 2. The summed E-state index contributed by atoms with van der Waals surface area (Å²) >= 11 is 3.49. The number of nitrogens with zero attached hydrogens (tertiary/aromatic N) is 1. The minimum absolute atomic E-state index is 0.0214. The summed E-state index contributed by atoms with van der Waals surface area (Å²) in [4.78, 5) is 6.10. The predicted molar refractivity (Wildman–Crippen MR) is 64.5 cm³/mol. The highest BCUT2D eigenvalue weighted by atomic mass is 32.1. The van der Waals surface area contributed by atoms with Crippen LogP contribution in [-0.2, 0) is 12.8 Å². The molecule has 3 rings (SSSR count). The minimum Gasteiger partial charge on any atom is -0.318 e. The summed E-state index contributed by atoms with van der Waals surface area (Å²) in [6, 6.07) is 2.06. The average Bonchev–Trinajstić information content (AvgIpc) is 2.92. The number of thiophene rings is 1. The van der Waals surface area contributed by atoms with E-state index in [1.54, 1.807) is 22.7 Å². The second kappa shape index (κ2) is 3.70. The predicted octanol–water partition coefficient (Wildman–Crippen LogP) is 2.74. The van der Waals surface area contributed by atoms with E-state index in [9.17, 15) is 0 Å². The molecule has 1 aliphatic rings. The Bertz CT molecular complexity index is 437. The highest BCUT2D eigenvalue weighted by Crippen LogP contribution is 2.32. The van der Waals surface area contributed by atoms with Crippen LogP contribution in [0.2, 0.25) is 0 Å². The van der Waals surface area contributed by atoms with E-state index in [2.05, 4.69) is 21.8 Å². The zero-order chi connectivity index (χ0) is 10.3. The average molecular weight is 236 g/mol. The molecule has 0 fully saturated rings. The highest BCUT2D eigenvalue weighted by Gasteiger charge is 2.20. The normalized spacial score (nSPS) is 16.6. The van der Waals surface area contributed by atoms with Crippen molar-refractivity contribution in [2.24, 2.45) is 5.73 Å². The number of fused-ring (bicyclic) bond motifs is 1. The van der Waals surface area contributed by atoms with Crippen LogP contribution in [-0.4, -0.2) is 4.98 Å². The lowest BCUT2D eigenvalue weighted by molar-refractivity contribution is 0.837. The van der Waals surface area contributed by atoms with E-state index >= 15 is 0 Å². The SMILES string of the molecule is NC(c1ccsc1)c1nc2c(s1)CCC2. The zero-order valence-electron chi connectivity index (χ0n) is 8.27. The molecule has 78 valence electrons. The Morgan fingerprint density at radius 1 is 1.40 bits per heavy atom. The third kappa shape index (κ3) is 1.62. The lowest BCUT2D eigenvalue weighted by Crippen LogP contribution is -2.10. The fourth-order valence-electron chi connectivity index (χ4n) is 1.94. The van der Waals surface area contributed by atoms with Crippen molar-refractivity contribution < 1.29 is 0 Å². The van der Waals surface area contributed by atoms with Crippen LogP contribution in [0, 0.1) is 0 Å². The molecule has 0 spiro atoms. The molecule has 0 saturated heterocycles. The molecule has 2 nitrogen and oxygen atoms in total. The van der Waals surface area contributed by atoms with Gasteiger partial charge in [-0.2, -0.15) is 11.3 Å². The molecular formula is C11H12N2S2. The summed E-state index contributed by atoms with van der Waals surface area (Å²) in [5.74, 6) is 0. The third-order valence-electron chi connectivity index (χ3n) is 2.78. The van der Waals surface area contributed by atoms with Crippen LogP contribution >= 0.6 is 22.7 Å². The highest BCUT2D eigenvalue weighted by molar-refractivity contribution is 7.12. The van der Waals surface area contributed by atoms with Gasteiger partial charge in [0, 0.05) is 4.88 Å². The maximum absolute atomic E-state index is 6.18. The summed E-state index contributed by atoms with van der Waals surface area (Å²) in [5.41, 5.74) is 8.66. The number of hydrogen-bond donors (Lipinski definition) is 1. The molecule has 0 aromatic carbocycles. The van der Waals surface area contributed by atoms with Gasteiger partial charge in [0.15, 0.2) is 0 Å². The standard InChI is InChI=1S/C11H12N2S2/c12-10(7-4-5-14-6-7)11-13-8-2-1-3-9(8)15-11/h4-6,10H,1-3,12H2. The van der Waals surface area contributed by atoms with Gasteiger partial charge in [-0.15, -0.1) is 11.3 Å². The summed E-state index contributed by atoms with van der Waals surface area (Å²) in [5, 5.41) is 5.26. The molecule has 0 amide bonds. The van der Waals surface area contributed by atoms with Crippen LogP contribution < -0.4 is 5.73 Å². The maximum Gasteiger partial charge on any atom is 0.114 e. The van der Waals surface area contributed by atoms with Gasteiger partial charge in [-0.25, -0.2) is 4.98 Å². The van der Waals surface area contributed by atoms with Crippen LogP contribution in [0.3, 0.4) is 0 Å². The molecule has 15 heavy (non-hydrogen) atoms. The molecule has 2 aromatic rings. The molecular weight excluding hydrogens is 224 g/mol. The van der Waals surface area contributed by atoms with Crippen molar-refractivity contribution in [3.05, 3.63) is 38.0 Å². The van der Waals surface area contributed by atoms with E-state index in [4.69, 9.17) is 5.73 Å². The van der Waals surface area contributed by atoms with Crippen molar-refractivity contribution in [1.82, 2.24) is 4.98 Å². The van der Waals surface area contributed by atoms with E-state index < -0.39 is 0 Å². The Balaban J connectivity index is 1.93. The fourth-order valence-corrected chi connectivity index (χ4v) is 3.82. The van der Waals surface area contributed by atoms with Gasteiger partial charge in [0.1, 0.15) is 5.01 Å². The Hall–Kier alpha value is -0.710. The third-order valence-corrected chi connectivity index (χ3v) is 4.72. The summed E-state index contributed by atoms with van der Waals surface area (Å²) in [6.45, 7) is 0. The van der Waals surface area contributed by atoms with E-state index in [0.717, 1.165) is 11.4 Å². The van der Waals surface area contributed by atoms with Gasteiger partial charge in [-0.05, 0) is 41.7 Å². The summed E-state index contributed by atoms with van der Waals surface area (Å²) in [6.07, 6.45) is 3.60. The second-order valence-electron chi connectivity index (χ2n) is 3.81. The molecule has 2 aromatic heterocycles. The molecule has 1 aliphatic carbocycles. The topological polar surface area (TPSA) is 38.9 Å². The van der Waals surface area contributed by atoms with Gasteiger partial charge in [0.25, 0.3) is 0 Å². The van der Waals surface area contributed by atoms with E-state index in [1.807, 2.05) is 0 Å². The molecule has 1 atom stereocenters. The van der Waals surface area contributed by atoms with Crippen molar-refractivity contribution in [2.75, 3.05) is 0 Å². The van der Waals surface area contributed by atoms with Gasteiger partial charge in [-0.3, -0.25) is 0 Å². The molecule has 2 heterocycles. The quantitative estimate of drug-likeness (QED) is 0.870. The van der Waals surface area contributed by atoms with Crippen LogP contribution in [0.4, 0.5) is 0 Å². The minimum atomic E-state index is -0.0214. The van der Waals surface area contributed by atoms with Crippen molar-refractivity contribution in [1.29, 1.82) is 0 Å². The Kier molecular flexibility index (Phi) is 2.35.